The van der Waals surface area contributed by atoms with Gasteiger partial charge in [-0.15, -0.1) is 24.0 Å². The second-order valence-corrected chi connectivity index (χ2v) is 7.03. The molecule has 1 unspecified atom stereocenters. The third-order valence-corrected chi connectivity index (χ3v) is 5.04. The van der Waals surface area contributed by atoms with Gasteiger partial charge in [-0.3, -0.25) is 4.99 Å². The van der Waals surface area contributed by atoms with Gasteiger partial charge in [0.1, 0.15) is 0 Å². The van der Waals surface area contributed by atoms with Crippen molar-refractivity contribution < 1.29 is 4.74 Å². The van der Waals surface area contributed by atoms with Gasteiger partial charge in [-0.2, -0.15) is 0 Å². The van der Waals surface area contributed by atoms with E-state index in [0.717, 1.165) is 56.8 Å². The highest BCUT2D eigenvalue weighted by Gasteiger charge is 2.42. The summed E-state index contributed by atoms with van der Waals surface area (Å²) < 4.78 is 5.62. The lowest BCUT2D eigenvalue weighted by atomic mass is 9.87. The molecule has 3 rings (SSSR count). The first-order valence-corrected chi connectivity index (χ1v) is 8.94. The van der Waals surface area contributed by atoms with Gasteiger partial charge in [-0.25, -0.2) is 0 Å². The van der Waals surface area contributed by atoms with Crippen molar-refractivity contribution in [3.63, 3.8) is 0 Å². The van der Waals surface area contributed by atoms with E-state index in [0.29, 0.717) is 5.41 Å². The Morgan fingerprint density at radius 2 is 2.29 bits per heavy atom. The van der Waals surface area contributed by atoms with Crippen LogP contribution in [0.1, 0.15) is 25.3 Å². The number of nitrogens with one attached hydrogen (secondary N) is 1. The van der Waals surface area contributed by atoms with Crippen LogP contribution in [0, 0.1) is 5.41 Å². The molecule has 2 fully saturated rings. The minimum absolute atomic E-state index is 0. The third-order valence-electron chi connectivity index (χ3n) is 4.81. The van der Waals surface area contributed by atoms with Crippen LogP contribution in [0.4, 0.5) is 0 Å². The van der Waals surface area contributed by atoms with E-state index in [-0.39, 0.29) is 24.0 Å². The average Bonchev–Trinajstić information content (AvgIpc) is 3.17. The molecule has 2 saturated heterocycles. The van der Waals surface area contributed by atoms with E-state index in [9.17, 15) is 0 Å². The van der Waals surface area contributed by atoms with E-state index in [1.807, 2.05) is 18.2 Å². The molecule has 2 heterocycles. The molecule has 134 valence electrons. The van der Waals surface area contributed by atoms with Crippen molar-refractivity contribution in [2.24, 2.45) is 10.4 Å². The van der Waals surface area contributed by atoms with Crippen molar-refractivity contribution in [2.75, 3.05) is 39.4 Å². The molecule has 0 radical (unpaired) electrons. The zero-order chi connectivity index (χ0) is 16.1. The first-order valence-electron chi connectivity index (χ1n) is 8.56. The van der Waals surface area contributed by atoms with Crippen LogP contribution < -0.4 is 5.32 Å². The lowest BCUT2D eigenvalue weighted by Gasteiger charge is -2.25. The van der Waals surface area contributed by atoms with E-state index in [4.69, 9.17) is 21.3 Å². The number of ether oxygens (including phenoxy) is 1. The maximum absolute atomic E-state index is 6.04. The summed E-state index contributed by atoms with van der Waals surface area (Å²) in [5.74, 6) is 1.04. The van der Waals surface area contributed by atoms with Gasteiger partial charge < -0.3 is 15.0 Å². The zero-order valence-electron chi connectivity index (χ0n) is 14.3. The topological polar surface area (TPSA) is 36.9 Å². The molecule has 0 saturated carbocycles. The first-order chi connectivity index (χ1) is 11.2. The highest BCUT2D eigenvalue weighted by Crippen LogP contribution is 2.38. The molecule has 2 aliphatic rings. The molecule has 4 nitrogen and oxygen atoms in total. The summed E-state index contributed by atoms with van der Waals surface area (Å²) in [7, 11) is 0. The number of benzene rings is 1. The highest BCUT2D eigenvalue weighted by molar-refractivity contribution is 14.0. The monoisotopic (exact) mass is 463 g/mol. The fraction of sp³-hybridized carbons (Fsp3) is 0.611. The van der Waals surface area contributed by atoms with Crippen molar-refractivity contribution in [1.29, 1.82) is 0 Å². The number of hydrogen-bond acceptors (Lipinski definition) is 2. The molecular formula is C18H27ClIN3O. The molecule has 1 aromatic carbocycles. The number of halogens is 2. The molecule has 1 aromatic rings. The fourth-order valence-electron chi connectivity index (χ4n) is 3.50. The molecule has 0 amide bonds. The maximum Gasteiger partial charge on any atom is 0.193 e. The molecule has 1 atom stereocenters. The minimum Gasteiger partial charge on any atom is -0.381 e. The number of nitrogens with zero attached hydrogens (tertiary/aromatic N) is 2. The Morgan fingerprint density at radius 1 is 1.42 bits per heavy atom. The highest BCUT2D eigenvalue weighted by atomic mass is 127. The van der Waals surface area contributed by atoms with Gasteiger partial charge >= 0.3 is 0 Å². The number of likely N-dealkylation sites (tertiary alicyclic amines) is 1. The molecule has 1 spiro atoms. The summed E-state index contributed by atoms with van der Waals surface area (Å²) >= 11 is 6.04. The van der Waals surface area contributed by atoms with Crippen LogP contribution in [-0.4, -0.2) is 50.3 Å². The summed E-state index contributed by atoms with van der Waals surface area (Å²) in [6.07, 6.45) is 3.31. The van der Waals surface area contributed by atoms with E-state index in [1.165, 1.54) is 18.4 Å². The minimum atomic E-state index is 0. The number of aliphatic imine (C=N–C) groups is 1. The summed E-state index contributed by atoms with van der Waals surface area (Å²) in [4.78, 5) is 7.22. The molecule has 0 aromatic heterocycles. The predicted octanol–water partition coefficient (Wildman–Crippen LogP) is 3.58. The maximum atomic E-state index is 6.04. The molecule has 0 aliphatic carbocycles. The van der Waals surface area contributed by atoms with Crippen LogP contribution in [0.5, 0.6) is 0 Å². The van der Waals surface area contributed by atoms with Crippen molar-refractivity contribution in [3.8, 4) is 0 Å². The van der Waals surface area contributed by atoms with Crippen molar-refractivity contribution in [3.05, 3.63) is 34.9 Å². The van der Waals surface area contributed by atoms with Crippen LogP contribution >= 0.6 is 35.6 Å². The Labute approximate surface area is 167 Å². The van der Waals surface area contributed by atoms with Crippen molar-refractivity contribution in [2.45, 2.75) is 26.2 Å². The van der Waals surface area contributed by atoms with Gasteiger partial charge in [0.15, 0.2) is 5.96 Å². The lowest BCUT2D eigenvalue weighted by Crippen LogP contribution is -2.41. The Bertz CT molecular complexity index is 561. The Balaban J connectivity index is 0.00000208. The van der Waals surface area contributed by atoms with Crippen LogP contribution in [-0.2, 0) is 11.2 Å². The smallest absolute Gasteiger partial charge is 0.193 e. The Morgan fingerprint density at radius 3 is 3.00 bits per heavy atom. The predicted molar refractivity (Wildman–Crippen MR) is 111 cm³/mol. The summed E-state index contributed by atoms with van der Waals surface area (Å²) in [6.45, 7) is 7.76. The number of guanidine groups is 1. The summed E-state index contributed by atoms with van der Waals surface area (Å²) in [5.41, 5.74) is 1.60. The largest absolute Gasteiger partial charge is 0.381 e. The first kappa shape index (κ1) is 19.8. The Kier molecular flexibility index (Phi) is 7.62. The van der Waals surface area contributed by atoms with E-state index in [1.54, 1.807) is 0 Å². The van der Waals surface area contributed by atoms with Crippen molar-refractivity contribution >= 4 is 41.5 Å². The van der Waals surface area contributed by atoms with Gasteiger partial charge in [0, 0.05) is 43.2 Å². The fourth-order valence-corrected chi connectivity index (χ4v) is 3.71. The molecule has 24 heavy (non-hydrogen) atoms. The quantitative estimate of drug-likeness (QED) is 0.421. The average molecular weight is 464 g/mol. The van der Waals surface area contributed by atoms with Gasteiger partial charge in [0.25, 0.3) is 0 Å². The standard InChI is InChI=1S/C18H26ClN3O.HI/c1-2-20-17(21-9-6-15-4-3-5-16(19)12-15)22-10-7-18(13-22)8-11-23-14-18;/h3-5,12H,2,6-11,13-14H2,1H3,(H,20,21);1H. The molecule has 6 heteroatoms. The molecule has 2 aliphatic heterocycles. The summed E-state index contributed by atoms with van der Waals surface area (Å²) in [5, 5.41) is 4.23. The molecule has 0 bridgehead atoms. The SMILES string of the molecule is CCNC(=NCCc1cccc(Cl)c1)N1CCC2(CCOC2)C1.I. The lowest BCUT2D eigenvalue weighted by molar-refractivity contribution is 0.156. The van der Waals surface area contributed by atoms with E-state index < -0.39 is 0 Å². The van der Waals surface area contributed by atoms with Crippen molar-refractivity contribution in [1.82, 2.24) is 10.2 Å². The van der Waals surface area contributed by atoms with Crippen LogP contribution in [0.15, 0.2) is 29.3 Å². The third kappa shape index (κ3) is 4.99. The zero-order valence-corrected chi connectivity index (χ0v) is 17.3. The normalized spacial score (nSPS) is 23.6. The van der Waals surface area contributed by atoms with Gasteiger partial charge in [-0.1, -0.05) is 23.7 Å². The van der Waals surface area contributed by atoms with E-state index >= 15 is 0 Å². The van der Waals surface area contributed by atoms with Gasteiger partial charge in [-0.05, 0) is 43.9 Å². The second kappa shape index (κ2) is 9.25. The Hall–Kier alpha value is -0.530. The van der Waals surface area contributed by atoms with E-state index in [2.05, 4.69) is 23.2 Å². The van der Waals surface area contributed by atoms with Crippen LogP contribution in [0.25, 0.3) is 0 Å². The number of rotatable bonds is 4. The van der Waals surface area contributed by atoms with Crippen LogP contribution in [0.3, 0.4) is 0 Å². The van der Waals surface area contributed by atoms with Crippen LogP contribution in [0.2, 0.25) is 5.02 Å². The second-order valence-electron chi connectivity index (χ2n) is 6.59. The molecular weight excluding hydrogens is 437 g/mol. The summed E-state index contributed by atoms with van der Waals surface area (Å²) in [6, 6.07) is 8.03. The molecule has 1 N–H and O–H groups in total. The van der Waals surface area contributed by atoms with Gasteiger partial charge in [0.2, 0.25) is 0 Å². The number of hydrogen-bond donors (Lipinski definition) is 1. The van der Waals surface area contributed by atoms with Gasteiger partial charge in [0.05, 0.1) is 6.61 Å².